The summed E-state index contributed by atoms with van der Waals surface area (Å²) in [5.74, 6) is 0.0240. The molecule has 186 valence electrons. The van der Waals surface area contributed by atoms with Crippen LogP contribution in [0, 0.1) is 5.82 Å². The highest BCUT2D eigenvalue weighted by Crippen LogP contribution is 2.24. The quantitative estimate of drug-likeness (QED) is 0.386. The summed E-state index contributed by atoms with van der Waals surface area (Å²) in [5, 5.41) is 0. The molecule has 0 N–H and O–H groups in total. The minimum atomic E-state index is -0.443. The van der Waals surface area contributed by atoms with E-state index in [-0.39, 0.29) is 11.7 Å². The van der Waals surface area contributed by atoms with E-state index in [9.17, 15) is 18.8 Å². The fourth-order valence-electron chi connectivity index (χ4n) is 4.48. The second-order valence-corrected chi connectivity index (χ2v) is 9.70. The Balaban J connectivity index is 1.50. The van der Waals surface area contributed by atoms with Crippen molar-refractivity contribution in [2.45, 2.75) is 6.54 Å². The third kappa shape index (κ3) is 4.23. The van der Waals surface area contributed by atoms with E-state index < -0.39 is 11.2 Å². The lowest BCUT2D eigenvalue weighted by Crippen LogP contribution is -2.49. The van der Waals surface area contributed by atoms with E-state index >= 15 is 0 Å². The normalized spacial score (nSPS) is 14.0. The number of nitrogens with zero attached hydrogens (tertiary/aromatic N) is 6. The van der Waals surface area contributed by atoms with Crippen molar-refractivity contribution in [3.05, 3.63) is 90.8 Å². The molecule has 5 rings (SSSR count). The Labute approximate surface area is 214 Å². The molecule has 1 fully saturated rings. The number of halogens is 2. The van der Waals surface area contributed by atoms with E-state index in [1.54, 1.807) is 11.9 Å². The fraction of sp³-hybridized carbons (Fsp3) is 0.280. The van der Waals surface area contributed by atoms with E-state index in [4.69, 9.17) is 4.98 Å². The van der Waals surface area contributed by atoms with Crippen LogP contribution >= 0.6 is 15.9 Å². The van der Waals surface area contributed by atoms with Gasteiger partial charge in [0.05, 0.1) is 6.54 Å². The molecule has 2 aromatic carbocycles. The van der Waals surface area contributed by atoms with Gasteiger partial charge in [-0.05, 0) is 42.0 Å². The van der Waals surface area contributed by atoms with Gasteiger partial charge in [-0.15, -0.1) is 0 Å². The first-order chi connectivity index (χ1) is 17.2. The number of benzene rings is 2. The summed E-state index contributed by atoms with van der Waals surface area (Å²) < 4.78 is 18.5. The molecule has 2 aromatic heterocycles. The number of carbonyl (C=O) groups excluding carboxylic acids is 1. The molecular formula is C25H24BrFN6O3. The molecule has 1 amide bonds. The Morgan fingerprint density at radius 3 is 2.22 bits per heavy atom. The molecular weight excluding hydrogens is 531 g/mol. The number of anilines is 1. The maximum absolute atomic E-state index is 13.3. The SMILES string of the molecule is Cn1c(=O)c2c(nc(N3CCN(C(=O)c4ccc(F)cc4)CC3)n2Cc2ccc(Br)cc2)n(C)c1=O. The molecule has 1 aliphatic heterocycles. The highest BCUT2D eigenvalue weighted by molar-refractivity contribution is 9.10. The van der Waals surface area contributed by atoms with Gasteiger partial charge >= 0.3 is 5.69 Å². The van der Waals surface area contributed by atoms with Crippen LogP contribution in [-0.4, -0.2) is 55.7 Å². The number of amides is 1. The van der Waals surface area contributed by atoms with E-state index in [0.29, 0.717) is 55.4 Å². The van der Waals surface area contributed by atoms with Crippen LogP contribution in [0.1, 0.15) is 15.9 Å². The van der Waals surface area contributed by atoms with Gasteiger partial charge in [0.25, 0.3) is 11.5 Å². The first-order valence-electron chi connectivity index (χ1n) is 11.4. The minimum Gasteiger partial charge on any atom is -0.339 e. The summed E-state index contributed by atoms with van der Waals surface area (Å²) in [6.07, 6.45) is 0. The fourth-order valence-corrected chi connectivity index (χ4v) is 4.75. The van der Waals surface area contributed by atoms with Crippen LogP contribution in [-0.2, 0) is 20.6 Å². The number of piperazine rings is 1. The summed E-state index contributed by atoms with van der Waals surface area (Å²) >= 11 is 3.45. The summed E-state index contributed by atoms with van der Waals surface area (Å²) in [7, 11) is 3.06. The van der Waals surface area contributed by atoms with Crippen molar-refractivity contribution < 1.29 is 9.18 Å². The van der Waals surface area contributed by atoms with Crippen LogP contribution in [0.15, 0.2) is 62.6 Å². The van der Waals surface area contributed by atoms with Gasteiger partial charge in [0.2, 0.25) is 5.95 Å². The van der Waals surface area contributed by atoms with Crippen LogP contribution in [0.2, 0.25) is 0 Å². The Morgan fingerprint density at radius 2 is 1.58 bits per heavy atom. The average Bonchev–Trinajstić information content (AvgIpc) is 3.27. The summed E-state index contributed by atoms with van der Waals surface area (Å²) in [4.78, 5) is 47.1. The van der Waals surface area contributed by atoms with Crippen molar-refractivity contribution in [2.24, 2.45) is 14.1 Å². The maximum atomic E-state index is 13.3. The Hall–Kier alpha value is -3.73. The predicted octanol–water partition coefficient (Wildman–Crippen LogP) is 2.35. The second-order valence-electron chi connectivity index (χ2n) is 8.79. The molecule has 9 nitrogen and oxygen atoms in total. The average molecular weight is 555 g/mol. The van der Waals surface area contributed by atoms with Crippen molar-refractivity contribution in [3.63, 3.8) is 0 Å². The molecule has 0 unspecified atom stereocenters. The van der Waals surface area contributed by atoms with Gasteiger partial charge in [0.1, 0.15) is 5.82 Å². The van der Waals surface area contributed by atoms with Gasteiger partial charge in [0.15, 0.2) is 11.2 Å². The Morgan fingerprint density at radius 1 is 0.944 bits per heavy atom. The van der Waals surface area contributed by atoms with Gasteiger partial charge in [0, 0.05) is 50.3 Å². The molecule has 0 radical (unpaired) electrons. The van der Waals surface area contributed by atoms with Crippen molar-refractivity contribution in [1.29, 1.82) is 0 Å². The lowest BCUT2D eigenvalue weighted by molar-refractivity contribution is 0.0746. The largest absolute Gasteiger partial charge is 0.339 e. The molecule has 1 aliphatic rings. The molecule has 1 saturated heterocycles. The molecule has 0 saturated carbocycles. The minimum absolute atomic E-state index is 0.158. The van der Waals surface area contributed by atoms with E-state index in [1.165, 1.54) is 35.9 Å². The standard InChI is InChI=1S/C25H24BrFN6O3/c1-29-21-20(23(35)30(2)25(29)36)33(15-16-3-7-18(26)8-4-16)24(28-21)32-13-11-31(12-14-32)22(34)17-5-9-19(27)10-6-17/h3-10H,11-15H2,1-2H3. The molecule has 36 heavy (non-hydrogen) atoms. The Bertz CT molecular complexity index is 1570. The number of rotatable bonds is 4. The van der Waals surface area contributed by atoms with Crippen LogP contribution in [0.3, 0.4) is 0 Å². The van der Waals surface area contributed by atoms with Gasteiger partial charge < -0.3 is 9.80 Å². The molecule has 3 heterocycles. The van der Waals surface area contributed by atoms with E-state index in [0.717, 1.165) is 14.6 Å². The van der Waals surface area contributed by atoms with Gasteiger partial charge in [-0.2, -0.15) is 4.98 Å². The van der Waals surface area contributed by atoms with Crippen LogP contribution in [0.5, 0.6) is 0 Å². The van der Waals surface area contributed by atoms with Crippen LogP contribution in [0.25, 0.3) is 11.2 Å². The van der Waals surface area contributed by atoms with Gasteiger partial charge in [-0.25, -0.2) is 9.18 Å². The van der Waals surface area contributed by atoms with Crippen LogP contribution in [0.4, 0.5) is 10.3 Å². The van der Waals surface area contributed by atoms with Crippen LogP contribution < -0.4 is 16.1 Å². The first-order valence-corrected chi connectivity index (χ1v) is 12.2. The number of imidazole rings is 1. The number of hydrogen-bond donors (Lipinski definition) is 0. The van der Waals surface area contributed by atoms with Crippen molar-refractivity contribution in [2.75, 3.05) is 31.1 Å². The number of fused-ring (bicyclic) bond motifs is 1. The number of aryl methyl sites for hydroxylation is 1. The lowest BCUT2D eigenvalue weighted by Gasteiger charge is -2.35. The monoisotopic (exact) mass is 554 g/mol. The highest BCUT2D eigenvalue weighted by Gasteiger charge is 2.27. The van der Waals surface area contributed by atoms with E-state index in [1.807, 2.05) is 33.7 Å². The number of hydrogen-bond acceptors (Lipinski definition) is 5. The topological polar surface area (TPSA) is 85.4 Å². The zero-order valence-corrected chi connectivity index (χ0v) is 21.4. The third-order valence-electron chi connectivity index (χ3n) is 6.52. The molecule has 0 atom stereocenters. The molecule has 11 heteroatoms. The van der Waals surface area contributed by atoms with Crippen molar-refractivity contribution in [3.8, 4) is 0 Å². The lowest BCUT2D eigenvalue weighted by atomic mass is 10.2. The van der Waals surface area contributed by atoms with Gasteiger partial charge in [-0.3, -0.25) is 23.3 Å². The zero-order valence-electron chi connectivity index (χ0n) is 19.8. The van der Waals surface area contributed by atoms with E-state index in [2.05, 4.69) is 15.9 Å². The van der Waals surface area contributed by atoms with Gasteiger partial charge in [-0.1, -0.05) is 28.1 Å². The molecule has 0 spiro atoms. The molecule has 0 bridgehead atoms. The predicted molar refractivity (Wildman–Crippen MR) is 138 cm³/mol. The molecule has 4 aromatic rings. The Kier molecular flexibility index (Phi) is 6.25. The number of carbonyl (C=O) groups is 1. The van der Waals surface area contributed by atoms with Crippen molar-refractivity contribution in [1.82, 2.24) is 23.6 Å². The summed E-state index contributed by atoms with van der Waals surface area (Å²) in [6, 6.07) is 13.3. The summed E-state index contributed by atoms with van der Waals surface area (Å²) in [6.45, 7) is 2.25. The smallest absolute Gasteiger partial charge is 0.332 e. The summed E-state index contributed by atoms with van der Waals surface area (Å²) in [5.41, 5.74) is 1.23. The third-order valence-corrected chi connectivity index (χ3v) is 7.05. The maximum Gasteiger partial charge on any atom is 0.332 e. The van der Waals surface area contributed by atoms with Crippen molar-refractivity contribution >= 4 is 38.9 Å². The first kappa shape index (κ1) is 24.0. The molecule has 0 aliphatic carbocycles. The second kappa shape index (κ2) is 9.38. The highest BCUT2D eigenvalue weighted by atomic mass is 79.9. The number of aromatic nitrogens is 4. The zero-order chi connectivity index (χ0) is 25.6.